The van der Waals surface area contributed by atoms with Crippen molar-refractivity contribution in [1.82, 2.24) is 4.98 Å². The number of oxime groups is 1. The molecule has 0 saturated carbocycles. The number of thioether (sulfide) groups is 1. The summed E-state index contributed by atoms with van der Waals surface area (Å²) in [5, 5.41) is 31.6. The second kappa shape index (κ2) is 6.34. The second-order valence-corrected chi connectivity index (χ2v) is 5.22. The smallest absolute Gasteiger partial charge is 0.302 e. The molecule has 0 amide bonds. The Morgan fingerprint density at radius 1 is 1.63 bits per heavy atom. The molecule has 1 heterocycles. The van der Waals surface area contributed by atoms with Crippen LogP contribution in [-0.4, -0.2) is 37.4 Å². The molecule has 104 valence electrons. The monoisotopic (exact) mass is 286 g/mol. The number of nitro groups is 1. The number of aromatic nitrogens is 1. The van der Waals surface area contributed by atoms with Gasteiger partial charge in [0.2, 0.25) is 0 Å². The van der Waals surface area contributed by atoms with Gasteiger partial charge in [-0.1, -0.05) is 23.8 Å². The minimum atomic E-state index is -0.629. The van der Waals surface area contributed by atoms with Crippen molar-refractivity contribution >= 4 is 23.3 Å². The molecule has 0 aliphatic rings. The van der Waals surface area contributed by atoms with E-state index < -0.39 is 11.0 Å². The van der Waals surface area contributed by atoms with E-state index in [9.17, 15) is 15.2 Å². The Bertz CT molecular complexity index is 506. The maximum absolute atomic E-state index is 11.0. The third-order valence-electron chi connectivity index (χ3n) is 2.41. The molecule has 1 aromatic heterocycles. The van der Waals surface area contributed by atoms with Crippen molar-refractivity contribution in [2.45, 2.75) is 30.2 Å². The lowest BCUT2D eigenvalue weighted by molar-refractivity contribution is -0.388. The summed E-state index contributed by atoms with van der Waals surface area (Å²) in [5.41, 5.74) is 5.26. The molecule has 0 fully saturated rings. The van der Waals surface area contributed by atoms with E-state index in [-0.39, 0.29) is 27.4 Å². The summed E-state index contributed by atoms with van der Waals surface area (Å²) in [6.45, 7) is 3.33. The van der Waals surface area contributed by atoms with Crippen molar-refractivity contribution < 1.29 is 15.2 Å². The first-order chi connectivity index (χ1) is 8.86. The van der Waals surface area contributed by atoms with E-state index in [0.29, 0.717) is 0 Å². The van der Waals surface area contributed by atoms with Gasteiger partial charge in [-0.15, -0.1) is 0 Å². The van der Waals surface area contributed by atoms with Crippen molar-refractivity contribution in [2.75, 3.05) is 0 Å². The fourth-order valence-corrected chi connectivity index (χ4v) is 2.05. The van der Waals surface area contributed by atoms with Crippen LogP contribution in [0.4, 0.5) is 5.69 Å². The van der Waals surface area contributed by atoms with Crippen LogP contribution in [0.5, 0.6) is 0 Å². The van der Waals surface area contributed by atoms with Gasteiger partial charge in [0.15, 0.2) is 10.9 Å². The van der Waals surface area contributed by atoms with Gasteiger partial charge < -0.3 is 16.0 Å². The van der Waals surface area contributed by atoms with E-state index in [2.05, 4.69) is 10.1 Å². The largest absolute Gasteiger partial charge is 0.409 e. The lowest BCUT2D eigenvalue weighted by Gasteiger charge is -2.13. The number of aliphatic hydroxyl groups is 1. The molecular weight excluding hydrogens is 272 g/mol. The highest BCUT2D eigenvalue weighted by Gasteiger charge is 2.22. The molecule has 0 aliphatic carbocycles. The zero-order valence-corrected chi connectivity index (χ0v) is 11.2. The zero-order valence-electron chi connectivity index (χ0n) is 10.3. The topological polar surface area (TPSA) is 135 Å². The van der Waals surface area contributed by atoms with Crippen molar-refractivity contribution in [1.29, 1.82) is 0 Å². The molecule has 2 atom stereocenters. The van der Waals surface area contributed by atoms with Gasteiger partial charge in [0.05, 0.1) is 11.0 Å². The van der Waals surface area contributed by atoms with Crippen LogP contribution in [0.2, 0.25) is 0 Å². The highest BCUT2D eigenvalue weighted by molar-refractivity contribution is 8.00. The minimum absolute atomic E-state index is 0.156. The van der Waals surface area contributed by atoms with Crippen LogP contribution in [0.3, 0.4) is 0 Å². The Kier molecular flexibility index (Phi) is 5.07. The first kappa shape index (κ1) is 15.2. The van der Waals surface area contributed by atoms with Gasteiger partial charge in [-0.2, -0.15) is 0 Å². The maximum Gasteiger partial charge on any atom is 0.302 e. The van der Waals surface area contributed by atoms with Crippen LogP contribution in [0.1, 0.15) is 19.4 Å². The van der Waals surface area contributed by atoms with Gasteiger partial charge in [-0.05, 0) is 6.92 Å². The number of aliphatic hydroxyl groups excluding tert-OH is 1. The molecule has 2 unspecified atom stereocenters. The summed E-state index contributed by atoms with van der Waals surface area (Å²) < 4.78 is 0. The Hall–Kier alpha value is -1.87. The summed E-state index contributed by atoms with van der Waals surface area (Å²) >= 11 is 1.09. The molecule has 9 heteroatoms. The predicted molar refractivity (Wildman–Crippen MR) is 70.4 cm³/mol. The van der Waals surface area contributed by atoms with Crippen molar-refractivity contribution in [2.24, 2.45) is 10.9 Å². The molecule has 1 aromatic rings. The Morgan fingerprint density at radius 2 is 2.26 bits per heavy atom. The molecule has 1 rings (SSSR count). The number of hydrogen-bond donors (Lipinski definition) is 3. The van der Waals surface area contributed by atoms with Crippen LogP contribution < -0.4 is 5.73 Å². The Labute approximate surface area is 113 Å². The van der Waals surface area contributed by atoms with Gasteiger partial charge in [-0.3, -0.25) is 10.1 Å². The van der Waals surface area contributed by atoms with Crippen molar-refractivity contribution in [3.05, 3.63) is 27.9 Å². The number of nitrogens with zero attached hydrogens (tertiary/aromatic N) is 3. The van der Waals surface area contributed by atoms with E-state index in [0.717, 1.165) is 11.8 Å². The quantitative estimate of drug-likeness (QED) is 0.183. The number of amidine groups is 1. The molecule has 8 nitrogen and oxygen atoms in total. The minimum Gasteiger partial charge on any atom is -0.409 e. The first-order valence-corrected chi connectivity index (χ1v) is 6.21. The van der Waals surface area contributed by atoms with Gasteiger partial charge in [0.25, 0.3) is 0 Å². The molecule has 19 heavy (non-hydrogen) atoms. The van der Waals surface area contributed by atoms with Crippen molar-refractivity contribution in [3.63, 3.8) is 0 Å². The first-order valence-electron chi connectivity index (χ1n) is 5.33. The number of pyridine rings is 1. The van der Waals surface area contributed by atoms with Gasteiger partial charge in [0.1, 0.15) is 0 Å². The van der Waals surface area contributed by atoms with Crippen LogP contribution in [-0.2, 0) is 0 Å². The molecule has 0 radical (unpaired) electrons. The van der Waals surface area contributed by atoms with Gasteiger partial charge in [-0.25, -0.2) is 4.98 Å². The predicted octanol–water partition coefficient (Wildman–Crippen LogP) is 0.946. The van der Waals surface area contributed by atoms with Crippen LogP contribution in [0.15, 0.2) is 22.4 Å². The normalized spacial score (nSPS) is 15.0. The highest BCUT2D eigenvalue weighted by atomic mass is 32.2. The van der Waals surface area contributed by atoms with Gasteiger partial charge >= 0.3 is 5.69 Å². The summed E-state index contributed by atoms with van der Waals surface area (Å²) in [5.74, 6) is -0.254. The molecule has 0 spiro atoms. The number of rotatable bonds is 5. The fourth-order valence-electron chi connectivity index (χ4n) is 1.13. The summed E-state index contributed by atoms with van der Waals surface area (Å²) in [6.07, 6.45) is 0.647. The third-order valence-corrected chi connectivity index (χ3v) is 3.71. The van der Waals surface area contributed by atoms with Crippen LogP contribution in [0.25, 0.3) is 0 Å². The third kappa shape index (κ3) is 3.80. The van der Waals surface area contributed by atoms with Crippen molar-refractivity contribution in [3.8, 4) is 0 Å². The standard InChI is InChI=1S/C10H14N4O4S/c1-5(15)6(2)19-10-8(14(17)18)3-7(4-12-10)9(11)13-16/h3-6,15-16H,1-2H3,(H2,11,13). The lowest BCUT2D eigenvalue weighted by Crippen LogP contribution is -2.16. The molecular formula is C10H14N4O4S. The fraction of sp³-hybridized carbons (Fsp3) is 0.400. The summed E-state index contributed by atoms with van der Waals surface area (Å²) in [7, 11) is 0. The SMILES string of the molecule is CC(O)C(C)Sc1ncc(C(N)=NO)cc1[N+](=O)[O-]. The van der Waals surface area contributed by atoms with E-state index in [1.165, 1.54) is 12.3 Å². The number of nitrogens with two attached hydrogens (primary N) is 1. The molecule has 0 bridgehead atoms. The average molecular weight is 286 g/mol. The lowest BCUT2D eigenvalue weighted by atomic mass is 10.2. The zero-order chi connectivity index (χ0) is 14.6. The summed E-state index contributed by atoms with van der Waals surface area (Å²) in [6, 6.07) is 1.18. The van der Waals surface area contributed by atoms with E-state index in [4.69, 9.17) is 10.9 Å². The van der Waals surface area contributed by atoms with E-state index in [1.807, 2.05) is 0 Å². The van der Waals surface area contributed by atoms with E-state index in [1.54, 1.807) is 13.8 Å². The molecule has 0 aliphatic heterocycles. The summed E-state index contributed by atoms with van der Waals surface area (Å²) in [4.78, 5) is 14.3. The maximum atomic E-state index is 11.0. The molecule has 4 N–H and O–H groups in total. The molecule has 0 aromatic carbocycles. The highest BCUT2D eigenvalue weighted by Crippen LogP contribution is 2.31. The van der Waals surface area contributed by atoms with Crippen LogP contribution >= 0.6 is 11.8 Å². The average Bonchev–Trinajstić information content (AvgIpc) is 2.37. The Balaban J connectivity index is 3.16. The van der Waals surface area contributed by atoms with Crippen LogP contribution in [0, 0.1) is 10.1 Å². The molecule has 0 saturated heterocycles. The Morgan fingerprint density at radius 3 is 2.74 bits per heavy atom. The van der Waals surface area contributed by atoms with Gasteiger partial charge in [0, 0.05) is 23.1 Å². The number of hydrogen-bond acceptors (Lipinski definition) is 7. The van der Waals surface area contributed by atoms with E-state index >= 15 is 0 Å². The second-order valence-electron chi connectivity index (χ2n) is 3.85.